The summed E-state index contributed by atoms with van der Waals surface area (Å²) in [5.41, 5.74) is 0.795. The number of furan rings is 1. The third-order valence-corrected chi connectivity index (χ3v) is 6.40. The summed E-state index contributed by atoms with van der Waals surface area (Å²) < 4.78 is 48.3. The number of thiazole rings is 1. The molecule has 4 aromatic rings. The van der Waals surface area contributed by atoms with Crippen molar-refractivity contribution in [2.45, 2.75) is 6.36 Å². The Labute approximate surface area is 184 Å². The summed E-state index contributed by atoms with van der Waals surface area (Å²) in [6.45, 7) is 0. The molecule has 0 aliphatic carbocycles. The SMILES string of the molecule is O=C(Nc1nc(-c2sccc2Br)cs1)c1ccc(-c2ccccc2OC(F)(F)F)o1. The van der Waals surface area contributed by atoms with Crippen LogP contribution in [0.2, 0.25) is 0 Å². The molecule has 1 aromatic carbocycles. The van der Waals surface area contributed by atoms with Crippen LogP contribution in [-0.4, -0.2) is 17.3 Å². The second kappa shape index (κ2) is 8.25. The maximum absolute atomic E-state index is 12.6. The van der Waals surface area contributed by atoms with Gasteiger partial charge in [-0.15, -0.1) is 35.8 Å². The highest BCUT2D eigenvalue weighted by Crippen LogP contribution is 2.36. The predicted octanol–water partition coefficient (Wildman–Crippen LogP) is 7.05. The van der Waals surface area contributed by atoms with Crippen LogP contribution >= 0.6 is 38.6 Å². The number of carbonyl (C=O) groups is 1. The number of amides is 1. The predicted molar refractivity (Wildman–Crippen MR) is 112 cm³/mol. The molecule has 4 rings (SSSR count). The first kappa shape index (κ1) is 20.6. The number of halogens is 4. The number of benzene rings is 1. The first-order valence-electron chi connectivity index (χ1n) is 8.25. The zero-order valence-electron chi connectivity index (χ0n) is 14.7. The Hall–Kier alpha value is -2.63. The number of ether oxygens (including phenoxy) is 1. The molecule has 0 saturated heterocycles. The molecule has 5 nitrogen and oxygen atoms in total. The molecular weight excluding hydrogens is 505 g/mol. The van der Waals surface area contributed by atoms with E-state index in [-0.39, 0.29) is 17.1 Å². The number of carbonyl (C=O) groups excluding carboxylic acids is 1. The van der Waals surface area contributed by atoms with Crippen molar-refractivity contribution in [2.75, 3.05) is 5.32 Å². The van der Waals surface area contributed by atoms with Crippen molar-refractivity contribution in [2.24, 2.45) is 0 Å². The Balaban J connectivity index is 1.52. The molecule has 3 heterocycles. The van der Waals surface area contributed by atoms with Gasteiger partial charge in [0.2, 0.25) is 0 Å². The first-order chi connectivity index (χ1) is 14.3. The maximum Gasteiger partial charge on any atom is 0.573 e. The summed E-state index contributed by atoms with van der Waals surface area (Å²) in [4.78, 5) is 17.8. The zero-order valence-corrected chi connectivity index (χ0v) is 17.9. The van der Waals surface area contributed by atoms with E-state index in [1.807, 2.05) is 16.8 Å². The molecule has 154 valence electrons. The first-order valence-corrected chi connectivity index (χ1v) is 10.8. The molecule has 1 amide bonds. The van der Waals surface area contributed by atoms with Gasteiger partial charge in [0.25, 0.3) is 5.91 Å². The van der Waals surface area contributed by atoms with Gasteiger partial charge in [-0.05, 0) is 51.6 Å². The van der Waals surface area contributed by atoms with Crippen molar-refractivity contribution < 1.29 is 27.1 Å². The second-order valence-corrected chi connectivity index (χ2v) is 8.43. The average molecular weight is 515 g/mol. The fraction of sp³-hybridized carbons (Fsp3) is 0.0526. The van der Waals surface area contributed by atoms with Crippen LogP contribution in [0.4, 0.5) is 18.3 Å². The van der Waals surface area contributed by atoms with Gasteiger partial charge in [0.15, 0.2) is 10.9 Å². The number of nitrogens with one attached hydrogen (secondary N) is 1. The summed E-state index contributed by atoms with van der Waals surface area (Å²) >= 11 is 6.20. The summed E-state index contributed by atoms with van der Waals surface area (Å²) in [5.74, 6) is -0.984. The number of para-hydroxylation sites is 1. The Morgan fingerprint density at radius 1 is 1.13 bits per heavy atom. The molecule has 0 aliphatic heterocycles. The minimum Gasteiger partial charge on any atom is -0.451 e. The Kier molecular flexibility index (Phi) is 5.67. The number of hydrogen-bond donors (Lipinski definition) is 1. The van der Waals surface area contributed by atoms with E-state index < -0.39 is 18.0 Å². The number of anilines is 1. The third-order valence-electron chi connectivity index (χ3n) is 3.78. The molecule has 11 heteroatoms. The van der Waals surface area contributed by atoms with Gasteiger partial charge in [0.1, 0.15) is 11.5 Å². The average Bonchev–Trinajstić information content (AvgIpc) is 3.41. The van der Waals surface area contributed by atoms with Crippen molar-refractivity contribution in [3.8, 4) is 27.6 Å². The third kappa shape index (κ3) is 4.58. The van der Waals surface area contributed by atoms with Gasteiger partial charge in [-0.2, -0.15) is 0 Å². The number of alkyl halides is 3. The topological polar surface area (TPSA) is 64.4 Å². The number of aromatic nitrogens is 1. The molecule has 0 spiro atoms. The van der Waals surface area contributed by atoms with Gasteiger partial charge < -0.3 is 9.15 Å². The van der Waals surface area contributed by atoms with Gasteiger partial charge in [-0.25, -0.2) is 4.98 Å². The largest absolute Gasteiger partial charge is 0.573 e. The summed E-state index contributed by atoms with van der Waals surface area (Å²) in [7, 11) is 0. The second-order valence-electron chi connectivity index (χ2n) is 5.80. The van der Waals surface area contributed by atoms with E-state index in [2.05, 4.69) is 31.0 Å². The smallest absolute Gasteiger partial charge is 0.451 e. The van der Waals surface area contributed by atoms with Crippen LogP contribution in [-0.2, 0) is 0 Å². The van der Waals surface area contributed by atoms with Crippen molar-refractivity contribution in [1.82, 2.24) is 4.98 Å². The lowest BCUT2D eigenvalue weighted by Crippen LogP contribution is -2.17. The molecule has 0 unspecified atom stereocenters. The van der Waals surface area contributed by atoms with Gasteiger partial charge in [0.05, 0.1) is 16.1 Å². The fourth-order valence-electron chi connectivity index (χ4n) is 2.56. The summed E-state index contributed by atoms with van der Waals surface area (Å²) in [6, 6.07) is 10.2. The van der Waals surface area contributed by atoms with E-state index in [0.717, 1.165) is 15.0 Å². The minimum atomic E-state index is -4.84. The lowest BCUT2D eigenvalue weighted by molar-refractivity contribution is -0.274. The van der Waals surface area contributed by atoms with Crippen molar-refractivity contribution in [3.63, 3.8) is 0 Å². The van der Waals surface area contributed by atoms with Crippen LogP contribution in [0.3, 0.4) is 0 Å². The van der Waals surface area contributed by atoms with E-state index >= 15 is 0 Å². The molecule has 0 fully saturated rings. The van der Waals surface area contributed by atoms with Crippen LogP contribution in [0.15, 0.2) is 62.1 Å². The summed E-state index contributed by atoms with van der Waals surface area (Å²) in [6.07, 6.45) is -4.84. The molecule has 0 radical (unpaired) electrons. The lowest BCUT2D eigenvalue weighted by Gasteiger charge is -2.11. The molecule has 0 atom stereocenters. The van der Waals surface area contributed by atoms with Crippen molar-refractivity contribution >= 4 is 49.6 Å². The number of hydrogen-bond acceptors (Lipinski definition) is 6. The van der Waals surface area contributed by atoms with E-state index in [9.17, 15) is 18.0 Å². The zero-order chi connectivity index (χ0) is 21.3. The van der Waals surface area contributed by atoms with Crippen LogP contribution in [0.1, 0.15) is 10.6 Å². The van der Waals surface area contributed by atoms with Crippen LogP contribution in [0.25, 0.3) is 21.9 Å². The van der Waals surface area contributed by atoms with E-state index in [1.54, 1.807) is 6.07 Å². The maximum atomic E-state index is 12.6. The highest BCUT2D eigenvalue weighted by molar-refractivity contribution is 9.10. The van der Waals surface area contributed by atoms with Gasteiger partial charge in [-0.1, -0.05) is 12.1 Å². The van der Waals surface area contributed by atoms with E-state index in [1.165, 1.54) is 53.0 Å². The molecule has 0 aliphatic rings. The standard InChI is InChI=1S/C19H10BrF3N2O3S2/c20-11-7-8-29-16(11)12-9-30-18(24-12)25-17(26)15-6-5-13(27-15)10-3-1-2-4-14(10)28-19(21,22)23/h1-9H,(H,24,25,26). The molecule has 3 aromatic heterocycles. The number of rotatable bonds is 5. The van der Waals surface area contributed by atoms with Crippen molar-refractivity contribution in [3.05, 3.63) is 63.5 Å². The van der Waals surface area contributed by atoms with Crippen molar-refractivity contribution in [1.29, 1.82) is 0 Å². The molecule has 1 N–H and O–H groups in total. The Bertz CT molecular complexity index is 1200. The quantitative estimate of drug-likeness (QED) is 0.310. The Morgan fingerprint density at radius 2 is 1.93 bits per heavy atom. The molecule has 30 heavy (non-hydrogen) atoms. The normalized spacial score (nSPS) is 11.5. The molecular formula is C19H10BrF3N2O3S2. The van der Waals surface area contributed by atoms with Crippen LogP contribution < -0.4 is 10.1 Å². The highest BCUT2D eigenvalue weighted by atomic mass is 79.9. The Morgan fingerprint density at radius 3 is 2.67 bits per heavy atom. The van der Waals surface area contributed by atoms with Crippen LogP contribution in [0, 0.1) is 0 Å². The van der Waals surface area contributed by atoms with Gasteiger partial charge in [-0.3, -0.25) is 10.1 Å². The number of thiophene rings is 1. The number of nitrogens with zero attached hydrogens (tertiary/aromatic N) is 1. The highest BCUT2D eigenvalue weighted by Gasteiger charge is 2.32. The lowest BCUT2D eigenvalue weighted by atomic mass is 10.1. The minimum absolute atomic E-state index is 0.0686. The monoisotopic (exact) mass is 514 g/mol. The van der Waals surface area contributed by atoms with Gasteiger partial charge in [0, 0.05) is 9.85 Å². The van der Waals surface area contributed by atoms with E-state index in [4.69, 9.17) is 4.42 Å². The molecule has 0 bridgehead atoms. The summed E-state index contributed by atoms with van der Waals surface area (Å²) in [5, 5.41) is 6.73. The fourth-order valence-corrected chi connectivity index (χ4v) is 4.87. The molecule has 0 saturated carbocycles. The van der Waals surface area contributed by atoms with Gasteiger partial charge >= 0.3 is 6.36 Å². The van der Waals surface area contributed by atoms with E-state index in [0.29, 0.717) is 5.13 Å². The van der Waals surface area contributed by atoms with Crippen LogP contribution in [0.5, 0.6) is 5.75 Å².